The molecule has 0 saturated heterocycles. The summed E-state index contributed by atoms with van der Waals surface area (Å²) in [4.78, 5) is 34.1. The van der Waals surface area contributed by atoms with Crippen molar-refractivity contribution in [2.75, 3.05) is 0 Å². The van der Waals surface area contributed by atoms with Crippen molar-refractivity contribution in [2.24, 2.45) is 0 Å². The van der Waals surface area contributed by atoms with E-state index < -0.39 is 16.0 Å². The average Bonchev–Trinajstić information content (AvgIpc) is 2.86. The number of halogens is 2. The third-order valence-electron chi connectivity index (χ3n) is 5.07. The van der Waals surface area contributed by atoms with Crippen LogP contribution in [-0.2, 0) is 0 Å². The minimum atomic E-state index is -1.02. The highest BCUT2D eigenvalue weighted by atomic mass is 79.9. The van der Waals surface area contributed by atoms with E-state index in [0.717, 1.165) is 0 Å². The molecule has 0 saturated carbocycles. The van der Waals surface area contributed by atoms with Crippen LogP contribution in [0.25, 0.3) is 22.3 Å². The fraction of sp³-hybridized carbons (Fsp3) is 0. The van der Waals surface area contributed by atoms with Gasteiger partial charge in [-0.15, -0.1) is 0 Å². The van der Waals surface area contributed by atoms with E-state index in [2.05, 4.69) is 31.9 Å². The average molecular weight is 614 g/mol. The molecule has 180 valence electrons. The molecule has 36 heavy (non-hydrogen) atoms. The zero-order valence-corrected chi connectivity index (χ0v) is 21.3. The highest BCUT2D eigenvalue weighted by Crippen LogP contribution is 2.37. The van der Waals surface area contributed by atoms with E-state index in [-0.39, 0.29) is 22.9 Å². The van der Waals surface area contributed by atoms with Gasteiger partial charge in [-0.1, -0.05) is 36.4 Å². The van der Waals surface area contributed by atoms with Crippen LogP contribution in [0.4, 0.5) is 16.2 Å². The summed E-state index contributed by atoms with van der Waals surface area (Å²) in [6, 6.07) is 22.0. The zero-order chi connectivity index (χ0) is 25.8. The SMILES string of the molecule is O=C(Oc1ccc(-c2ccccc2[N+](=O)[O-])cc1Br)Oc1ccc(-c2ccccc2[N+](=O)[O-])cc1Br. The Bertz CT molecular complexity index is 1400. The van der Waals surface area contributed by atoms with Crippen molar-refractivity contribution >= 4 is 49.4 Å². The summed E-state index contributed by atoms with van der Waals surface area (Å²) in [6.07, 6.45) is -1.02. The van der Waals surface area contributed by atoms with Crippen LogP contribution in [0, 0.1) is 20.2 Å². The lowest BCUT2D eigenvalue weighted by Crippen LogP contribution is -2.14. The first-order valence-corrected chi connectivity index (χ1v) is 11.8. The molecule has 0 atom stereocenters. The van der Waals surface area contributed by atoms with Crippen molar-refractivity contribution in [3.05, 3.63) is 114 Å². The van der Waals surface area contributed by atoms with E-state index in [1.807, 2.05) is 0 Å². The maximum absolute atomic E-state index is 12.4. The van der Waals surface area contributed by atoms with Crippen molar-refractivity contribution in [2.45, 2.75) is 0 Å². The molecule has 0 aliphatic heterocycles. The second-order valence-corrected chi connectivity index (χ2v) is 9.00. The van der Waals surface area contributed by atoms with E-state index in [1.165, 1.54) is 24.3 Å². The molecule has 4 rings (SSSR count). The Kier molecular flexibility index (Phi) is 7.41. The standard InChI is InChI=1S/C25H14Br2N2O7/c26-19-13-15(17-5-1-3-7-21(17)28(31)32)9-11-23(19)35-25(30)36-24-12-10-16(14-20(24)27)18-6-2-4-8-22(18)29(33)34/h1-14H. The number of para-hydroxylation sites is 2. The predicted octanol–water partition coefficient (Wildman–Crippen LogP) is 7.94. The van der Waals surface area contributed by atoms with Gasteiger partial charge < -0.3 is 9.47 Å². The van der Waals surface area contributed by atoms with Crippen LogP contribution < -0.4 is 9.47 Å². The molecule has 0 N–H and O–H groups in total. The molecule has 0 unspecified atom stereocenters. The molecule has 0 aromatic heterocycles. The maximum Gasteiger partial charge on any atom is 0.519 e. The number of hydrogen-bond donors (Lipinski definition) is 0. The van der Waals surface area contributed by atoms with Crippen molar-refractivity contribution in [3.8, 4) is 33.8 Å². The Morgan fingerprint density at radius 3 is 1.39 bits per heavy atom. The van der Waals surface area contributed by atoms with Gasteiger partial charge in [0.15, 0.2) is 0 Å². The van der Waals surface area contributed by atoms with Gasteiger partial charge in [0.1, 0.15) is 11.5 Å². The summed E-state index contributed by atoms with van der Waals surface area (Å²) in [7, 11) is 0. The molecule has 0 bridgehead atoms. The molecule has 0 radical (unpaired) electrons. The lowest BCUT2D eigenvalue weighted by Gasteiger charge is -2.11. The molecule has 0 aliphatic carbocycles. The first-order chi connectivity index (χ1) is 17.2. The molecule has 4 aromatic carbocycles. The van der Waals surface area contributed by atoms with Gasteiger partial charge in [0.05, 0.1) is 29.9 Å². The van der Waals surface area contributed by atoms with Gasteiger partial charge in [0.2, 0.25) is 0 Å². The van der Waals surface area contributed by atoms with Crippen molar-refractivity contribution < 1.29 is 24.1 Å². The quantitative estimate of drug-likeness (QED) is 0.0936. The van der Waals surface area contributed by atoms with Crippen LogP contribution in [-0.4, -0.2) is 16.0 Å². The van der Waals surface area contributed by atoms with Crippen molar-refractivity contribution in [3.63, 3.8) is 0 Å². The van der Waals surface area contributed by atoms with E-state index in [4.69, 9.17) is 9.47 Å². The lowest BCUT2D eigenvalue weighted by molar-refractivity contribution is -0.384. The Morgan fingerprint density at radius 1 is 0.639 bits per heavy atom. The largest absolute Gasteiger partial charge is 0.519 e. The molecule has 4 aromatic rings. The normalized spacial score (nSPS) is 10.5. The first kappa shape index (κ1) is 25.0. The topological polar surface area (TPSA) is 122 Å². The Morgan fingerprint density at radius 2 is 1.03 bits per heavy atom. The lowest BCUT2D eigenvalue weighted by atomic mass is 10.0. The Balaban J connectivity index is 1.51. The number of nitrogens with zero attached hydrogens (tertiary/aromatic N) is 2. The smallest absolute Gasteiger partial charge is 0.394 e. The third-order valence-corrected chi connectivity index (χ3v) is 6.31. The Hall–Kier alpha value is -4.09. The third kappa shape index (κ3) is 5.42. The summed E-state index contributed by atoms with van der Waals surface area (Å²) in [5.41, 5.74) is 1.85. The van der Waals surface area contributed by atoms with E-state index in [9.17, 15) is 25.0 Å². The van der Waals surface area contributed by atoms with Gasteiger partial charge in [-0.2, -0.15) is 0 Å². The Labute approximate surface area is 220 Å². The molecule has 0 fully saturated rings. The van der Waals surface area contributed by atoms with E-state index in [0.29, 0.717) is 31.2 Å². The van der Waals surface area contributed by atoms with Gasteiger partial charge in [-0.3, -0.25) is 20.2 Å². The molecule has 0 amide bonds. The molecular weight excluding hydrogens is 600 g/mol. The first-order valence-electron chi connectivity index (χ1n) is 10.2. The molecule has 0 heterocycles. The van der Waals surface area contributed by atoms with Crippen LogP contribution in [0.15, 0.2) is 93.9 Å². The molecule has 9 nitrogen and oxygen atoms in total. The second kappa shape index (κ2) is 10.7. The minimum absolute atomic E-state index is 0.0494. The van der Waals surface area contributed by atoms with Gasteiger partial charge in [0.25, 0.3) is 11.4 Å². The van der Waals surface area contributed by atoms with E-state index in [1.54, 1.807) is 60.7 Å². The number of nitro benzene ring substituents is 2. The molecule has 0 aliphatic rings. The van der Waals surface area contributed by atoms with Crippen LogP contribution in [0.3, 0.4) is 0 Å². The van der Waals surface area contributed by atoms with Gasteiger partial charge in [-0.05, 0) is 79.4 Å². The second-order valence-electron chi connectivity index (χ2n) is 7.29. The fourth-order valence-corrected chi connectivity index (χ4v) is 4.38. The number of benzene rings is 4. The van der Waals surface area contributed by atoms with Crippen LogP contribution >= 0.6 is 31.9 Å². The summed E-state index contributed by atoms with van der Waals surface area (Å²) in [5.74, 6) is 0.296. The van der Waals surface area contributed by atoms with Crippen LogP contribution in [0.5, 0.6) is 11.5 Å². The molecular formula is C25H14Br2N2O7. The number of ether oxygens (including phenoxy) is 2. The van der Waals surface area contributed by atoms with Gasteiger partial charge >= 0.3 is 6.16 Å². The number of carbonyl (C=O) groups excluding carboxylic acids is 1. The monoisotopic (exact) mass is 612 g/mol. The van der Waals surface area contributed by atoms with Crippen LogP contribution in [0.2, 0.25) is 0 Å². The molecule has 0 spiro atoms. The number of rotatable bonds is 6. The minimum Gasteiger partial charge on any atom is -0.394 e. The summed E-state index contributed by atoms with van der Waals surface area (Å²) < 4.78 is 11.4. The summed E-state index contributed by atoms with van der Waals surface area (Å²) in [5, 5.41) is 22.6. The van der Waals surface area contributed by atoms with Crippen molar-refractivity contribution in [1.82, 2.24) is 0 Å². The fourth-order valence-electron chi connectivity index (χ4n) is 3.46. The number of hydrogen-bond acceptors (Lipinski definition) is 7. The van der Waals surface area contributed by atoms with Crippen LogP contribution in [0.1, 0.15) is 0 Å². The van der Waals surface area contributed by atoms with Gasteiger partial charge in [0, 0.05) is 12.1 Å². The highest BCUT2D eigenvalue weighted by Gasteiger charge is 2.19. The maximum atomic E-state index is 12.4. The summed E-state index contributed by atoms with van der Waals surface area (Å²) >= 11 is 6.64. The summed E-state index contributed by atoms with van der Waals surface area (Å²) in [6.45, 7) is 0. The van der Waals surface area contributed by atoms with E-state index >= 15 is 0 Å². The van der Waals surface area contributed by atoms with Gasteiger partial charge in [-0.25, -0.2) is 4.79 Å². The number of carbonyl (C=O) groups is 1. The molecule has 11 heteroatoms. The zero-order valence-electron chi connectivity index (χ0n) is 18.1. The highest BCUT2D eigenvalue weighted by molar-refractivity contribution is 9.11. The van der Waals surface area contributed by atoms with Crippen molar-refractivity contribution in [1.29, 1.82) is 0 Å². The predicted molar refractivity (Wildman–Crippen MR) is 139 cm³/mol. The number of nitro groups is 2.